The number of rotatable bonds is 2. The van der Waals surface area contributed by atoms with Crippen molar-refractivity contribution in [2.45, 2.75) is 25.6 Å². The van der Waals surface area contributed by atoms with Crippen LogP contribution in [0, 0.1) is 0 Å². The minimum atomic E-state index is -0.123. The molecule has 1 saturated heterocycles. The predicted molar refractivity (Wildman–Crippen MR) is 84.6 cm³/mol. The number of hydrogen-bond donors (Lipinski definition) is 0. The zero-order valence-electron chi connectivity index (χ0n) is 11.1. The van der Waals surface area contributed by atoms with Gasteiger partial charge in [-0.2, -0.15) is 4.37 Å². The normalized spacial score (nSPS) is 22.9. The topological polar surface area (TPSA) is 25.4 Å². The first-order chi connectivity index (χ1) is 9.09. The molecule has 0 bridgehead atoms. The summed E-state index contributed by atoms with van der Waals surface area (Å²) in [4.78, 5) is 2.41. The number of fused-ring (bicyclic) bond motifs is 1. The second-order valence-electron chi connectivity index (χ2n) is 5.54. The van der Waals surface area contributed by atoms with Crippen molar-refractivity contribution in [3.05, 3.63) is 24.3 Å². The van der Waals surface area contributed by atoms with Crippen LogP contribution in [0.25, 0.3) is 10.9 Å². The highest BCUT2D eigenvalue weighted by atomic mass is 79.9. The number of morpholine rings is 1. The summed E-state index contributed by atoms with van der Waals surface area (Å²) in [7, 11) is 0. The van der Waals surface area contributed by atoms with E-state index in [-0.39, 0.29) is 11.7 Å². The van der Waals surface area contributed by atoms with Crippen molar-refractivity contribution in [2.24, 2.45) is 0 Å². The molecule has 0 aliphatic carbocycles. The third-order valence-corrected chi connectivity index (χ3v) is 4.97. The van der Waals surface area contributed by atoms with Gasteiger partial charge >= 0.3 is 0 Å². The molecule has 102 valence electrons. The molecule has 1 fully saturated rings. The lowest BCUT2D eigenvalue weighted by Gasteiger charge is -2.42. The molecule has 2 aromatic rings. The first-order valence-corrected chi connectivity index (χ1v) is 8.32. The average molecular weight is 341 g/mol. The molecule has 19 heavy (non-hydrogen) atoms. The number of halogens is 1. The Morgan fingerprint density at radius 3 is 3.05 bits per heavy atom. The molecule has 2 heterocycles. The molecule has 1 aliphatic heterocycles. The van der Waals surface area contributed by atoms with Crippen molar-refractivity contribution in [3.8, 4) is 0 Å². The molecule has 0 amide bonds. The van der Waals surface area contributed by atoms with Crippen molar-refractivity contribution >= 4 is 43.4 Å². The fourth-order valence-electron chi connectivity index (χ4n) is 2.63. The van der Waals surface area contributed by atoms with E-state index < -0.39 is 0 Å². The molecule has 1 aliphatic rings. The quantitative estimate of drug-likeness (QED) is 0.780. The zero-order valence-corrected chi connectivity index (χ0v) is 13.5. The highest BCUT2D eigenvalue weighted by Gasteiger charge is 2.34. The van der Waals surface area contributed by atoms with Gasteiger partial charge in [0.25, 0.3) is 0 Å². The van der Waals surface area contributed by atoms with Crippen LogP contribution in [0.5, 0.6) is 0 Å². The standard InChI is InChI=1S/C14H17BrN2OS/c1-14(2)9-17(8-10(7-15)18-14)13-11-5-3-4-6-12(11)16-19-13/h3-6,10H,7-9H2,1-2H3. The summed E-state index contributed by atoms with van der Waals surface area (Å²) in [5.41, 5.74) is 0.962. The van der Waals surface area contributed by atoms with E-state index in [2.05, 4.69) is 57.2 Å². The van der Waals surface area contributed by atoms with E-state index >= 15 is 0 Å². The van der Waals surface area contributed by atoms with Gasteiger partial charge in [-0.3, -0.25) is 0 Å². The predicted octanol–water partition coefficient (Wildman–Crippen LogP) is 3.68. The van der Waals surface area contributed by atoms with Crippen molar-refractivity contribution in [2.75, 3.05) is 23.3 Å². The molecular formula is C14H17BrN2OS. The Kier molecular flexibility index (Phi) is 3.53. The van der Waals surface area contributed by atoms with E-state index in [4.69, 9.17) is 4.74 Å². The van der Waals surface area contributed by atoms with Crippen LogP contribution >= 0.6 is 27.5 Å². The molecule has 0 N–H and O–H groups in total. The molecular weight excluding hydrogens is 324 g/mol. The van der Waals surface area contributed by atoms with Crippen LogP contribution in [-0.2, 0) is 4.74 Å². The molecule has 3 nitrogen and oxygen atoms in total. The summed E-state index contributed by atoms with van der Waals surface area (Å²) in [6.45, 7) is 6.12. The Morgan fingerprint density at radius 2 is 2.26 bits per heavy atom. The summed E-state index contributed by atoms with van der Waals surface area (Å²) in [6, 6.07) is 8.34. The molecule has 1 aromatic carbocycles. The van der Waals surface area contributed by atoms with Crippen molar-refractivity contribution in [1.82, 2.24) is 4.37 Å². The van der Waals surface area contributed by atoms with Crippen LogP contribution in [0.2, 0.25) is 0 Å². The SMILES string of the molecule is CC1(C)CN(c2snc3ccccc23)CC(CBr)O1. The van der Waals surface area contributed by atoms with E-state index in [0.717, 1.165) is 23.9 Å². The molecule has 1 aromatic heterocycles. The van der Waals surface area contributed by atoms with Crippen molar-refractivity contribution in [1.29, 1.82) is 0 Å². The van der Waals surface area contributed by atoms with E-state index in [1.54, 1.807) is 11.5 Å². The van der Waals surface area contributed by atoms with Gasteiger partial charge in [-0.05, 0) is 37.5 Å². The first kappa shape index (κ1) is 13.3. The third kappa shape index (κ3) is 2.64. The molecule has 0 spiro atoms. The largest absolute Gasteiger partial charge is 0.368 e. The summed E-state index contributed by atoms with van der Waals surface area (Å²) in [5, 5.41) is 3.38. The maximum Gasteiger partial charge on any atom is 0.120 e. The summed E-state index contributed by atoms with van der Waals surface area (Å²) < 4.78 is 10.6. The second kappa shape index (κ2) is 5.04. The fourth-order valence-corrected chi connectivity index (χ4v) is 3.84. The van der Waals surface area contributed by atoms with Crippen LogP contribution < -0.4 is 4.90 Å². The Balaban J connectivity index is 1.96. The minimum Gasteiger partial charge on any atom is -0.368 e. The summed E-state index contributed by atoms with van der Waals surface area (Å²) in [5.74, 6) is 0. The van der Waals surface area contributed by atoms with E-state index in [0.29, 0.717) is 0 Å². The van der Waals surface area contributed by atoms with E-state index in [1.165, 1.54) is 10.4 Å². The first-order valence-electron chi connectivity index (χ1n) is 6.42. The third-order valence-electron chi connectivity index (χ3n) is 3.31. The highest BCUT2D eigenvalue weighted by Crippen LogP contribution is 2.35. The molecule has 3 rings (SSSR count). The smallest absolute Gasteiger partial charge is 0.120 e. The lowest BCUT2D eigenvalue weighted by atomic mass is 10.1. The molecule has 1 unspecified atom stereocenters. The van der Waals surface area contributed by atoms with Crippen molar-refractivity contribution in [3.63, 3.8) is 0 Å². The zero-order chi connectivity index (χ0) is 13.5. The Morgan fingerprint density at radius 1 is 1.47 bits per heavy atom. The van der Waals surface area contributed by atoms with E-state index in [9.17, 15) is 0 Å². The second-order valence-corrected chi connectivity index (χ2v) is 6.94. The van der Waals surface area contributed by atoms with Crippen molar-refractivity contribution < 1.29 is 4.74 Å². The summed E-state index contributed by atoms with van der Waals surface area (Å²) in [6.07, 6.45) is 0.226. The number of anilines is 1. The van der Waals surface area contributed by atoms with Gasteiger partial charge in [0.1, 0.15) is 5.00 Å². The number of ether oxygens (including phenoxy) is 1. The van der Waals surface area contributed by atoms with Gasteiger partial charge in [0, 0.05) is 23.8 Å². The van der Waals surface area contributed by atoms with Crippen LogP contribution in [0.15, 0.2) is 24.3 Å². The number of hydrogen-bond acceptors (Lipinski definition) is 4. The van der Waals surface area contributed by atoms with Gasteiger partial charge in [0.2, 0.25) is 0 Å². The molecule has 0 saturated carbocycles. The van der Waals surface area contributed by atoms with Crippen LogP contribution in [0.4, 0.5) is 5.00 Å². The Hall–Kier alpha value is -0.650. The van der Waals surface area contributed by atoms with Gasteiger partial charge in [0.15, 0.2) is 0 Å². The number of alkyl halides is 1. The van der Waals surface area contributed by atoms with Gasteiger partial charge in [-0.1, -0.05) is 28.1 Å². The molecule has 5 heteroatoms. The van der Waals surface area contributed by atoms with Crippen LogP contribution in [-0.4, -0.2) is 34.5 Å². The van der Waals surface area contributed by atoms with Gasteiger partial charge < -0.3 is 9.64 Å². The maximum atomic E-state index is 6.06. The van der Waals surface area contributed by atoms with Crippen LogP contribution in [0.3, 0.4) is 0 Å². The molecule has 1 atom stereocenters. The van der Waals surface area contributed by atoms with Gasteiger partial charge in [-0.15, -0.1) is 0 Å². The van der Waals surface area contributed by atoms with E-state index in [1.807, 2.05) is 6.07 Å². The highest BCUT2D eigenvalue weighted by molar-refractivity contribution is 9.09. The Bertz CT molecular complexity index is 584. The maximum absolute atomic E-state index is 6.06. The fraction of sp³-hybridized carbons (Fsp3) is 0.500. The minimum absolute atomic E-state index is 0.123. The lowest BCUT2D eigenvalue weighted by Crippen LogP contribution is -2.53. The van der Waals surface area contributed by atoms with Gasteiger partial charge in [0.05, 0.1) is 17.2 Å². The summed E-state index contributed by atoms with van der Waals surface area (Å²) >= 11 is 5.13. The average Bonchev–Trinajstić information content (AvgIpc) is 2.80. The van der Waals surface area contributed by atoms with Gasteiger partial charge in [-0.25, -0.2) is 0 Å². The lowest BCUT2D eigenvalue weighted by molar-refractivity contribution is -0.0721. The Labute approximate surface area is 125 Å². The van der Waals surface area contributed by atoms with Crippen LogP contribution in [0.1, 0.15) is 13.8 Å². The number of aromatic nitrogens is 1. The molecule has 0 radical (unpaired) electrons. The monoisotopic (exact) mass is 340 g/mol. The number of benzene rings is 1. The number of nitrogens with zero attached hydrogens (tertiary/aromatic N) is 2.